The van der Waals surface area contributed by atoms with Crippen molar-refractivity contribution in [1.82, 2.24) is 5.32 Å². The van der Waals surface area contributed by atoms with Crippen LogP contribution in [0.1, 0.15) is 97.5 Å². The normalized spacial score (nSPS) is 15.7. The predicted molar refractivity (Wildman–Crippen MR) is 139 cm³/mol. The summed E-state index contributed by atoms with van der Waals surface area (Å²) in [5, 5.41) is 14.5. The molecule has 1 atom stereocenters. The summed E-state index contributed by atoms with van der Waals surface area (Å²) in [6.07, 6.45) is 8.66. The van der Waals surface area contributed by atoms with Crippen LogP contribution in [-0.2, 0) is 19.1 Å². The molecule has 1 aliphatic heterocycles. The van der Waals surface area contributed by atoms with E-state index in [1.54, 1.807) is 39.8 Å². The maximum atomic E-state index is 13.3. The van der Waals surface area contributed by atoms with Crippen LogP contribution in [-0.4, -0.2) is 29.6 Å². The molecule has 8 nitrogen and oxygen atoms in total. The van der Waals surface area contributed by atoms with Crippen LogP contribution in [0.4, 0.5) is 5.69 Å². The first-order valence-electron chi connectivity index (χ1n) is 13.0. The van der Waals surface area contributed by atoms with Gasteiger partial charge in [0.15, 0.2) is 0 Å². The molecule has 0 aromatic heterocycles. The summed E-state index contributed by atoms with van der Waals surface area (Å²) in [6.45, 7) is 9.43. The van der Waals surface area contributed by atoms with Crippen LogP contribution in [0.5, 0.6) is 0 Å². The maximum absolute atomic E-state index is 13.3. The van der Waals surface area contributed by atoms with Crippen LogP contribution in [0.15, 0.2) is 46.8 Å². The number of nitro benzene ring substituents is 1. The summed E-state index contributed by atoms with van der Waals surface area (Å²) in [4.78, 5) is 37.3. The number of benzene rings is 1. The molecule has 0 aliphatic carbocycles. The summed E-state index contributed by atoms with van der Waals surface area (Å²) in [5.74, 6) is -1.96. The van der Waals surface area contributed by atoms with Gasteiger partial charge >= 0.3 is 11.9 Å². The molecule has 0 spiro atoms. The number of carbonyl (C=O) groups excluding carboxylic acids is 2. The third-order valence-corrected chi connectivity index (χ3v) is 6.19. The van der Waals surface area contributed by atoms with Gasteiger partial charge in [-0.1, -0.05) is 64.0 Å². The van der Waals surface area contributed by atoms with E-state index in [4.69, 9.17) is 9.47 Å². The fraction of sp³-hybridized carbons (Fsp3) is 0.571. The lowest BCUT2D eigenvalue weighted by Crippen LogP contribution is -2.33. The third-order valence-electron chi connectivity index (χ3n) is 6.19. The molecule has 0 saturated heterocycles. The highest BCUT2D eigenvalue weighted by molar-refractivity contribution is 6.00. The van der Waals surface area contributed by atoms with Gasteiger partial charge in [-0.25, -0.2) is 9.59 Å². The molecule has 1 aromatic rings. The van der Waals surface area contributed by atoms with Gasteiger partial charge in [-0.3, -0.25) is 10.1 Å². The van der Waals surface area contributed by atoms with Gasteiger partial charge in [0.25, 0.3) is 5.69 Å². The molecule has 1 unspecified atom stereocenters. The van der Waals surface area contributed by atoms with Crippen LogP contribution in [0.25, 0.3) is 0 Å². The third kappa shape index (κ3) is 8.21. The van der Waals surface area contributed by atoms with E-state index in [9.17, 15) is 19.7 Å². The highest BCUT2D eigenvalue weighted by Gasteiger charge is 2.38. The number of dihydropyridines is 1. The quantitative estimate of drug-likeness (QED) is 0.135. The first-order valence-corrected chi connectivity index (χ1v) is 13.0. The van der Waals surface area contributed by atoms with Crippen LogP contribution in [0.3, 0.4) is 0 Å². The Labute approximate surface area is 214 Å². The Balaban J connectivity index is 2.23. The zero-order chi connectivity index (χ0) is 26.7. The Kier molecular flexibility index (Phi) is 11.6. The second-order valence-electron chi connectivity index (χ2n) is 9.55. The summed E-state index contributed by atoms with van der Waals surface area (Å²) in [7, 11) is 0. The van der Waals surface area contributed by atoms with Gasteiger partial charge in [0.1, 0.15) is 0 Å². The Morgan fingerprint density at radius 3 is 2.14 bits per heavy atom. The monoisotopic (exact) mass is 500 g/mol. The van der Waals surface area contributed by atoms with Crippen molar-refractivity contribution in [2.24, 2.45) is 0 Å². The maximum Gasteiger partial charge on any atom is 0.337 e. The number of non-ortho nitro benzene ring substituents is 1. The van der Waals surface area contributed by atoms with Gasteiger partial charge in [-0.15, -0.1) is 0 Å². The summed E-state index contributed by atoms with van der Waals surface area (Å²) < 4.78 is 11.1. The first kappa shape index (κ1) is 29.1. The van der Waals surface area contributed by atoms with Crippen molar-refractivity contribution in [3.05, 3.63) is 62.5 Å². The van der Waals surface area contributed by atoms with E-state index >= 15 is 0 Å². The number of nitrogens with zero attached hydrogens (tertiary/aromatic N) is 1. The number of hydrogen-bond donors (Lipinski definition) is 1. The molecule has 0 fully saturated rings. The smallest absolute Gasteiger partial charge is 0.337 e. The Morgan fingerprint density at radius 2 is 1.56 bits per heavy atom. The minimum Gasteiger partial charge on any atom is -0.462 e. The number of allylic oxidation sites excluding steroid dienone is 2. The van der Waals surface area contributed by atoms with Crippen LogP contribution >= 0.6 is 0 Å². The van der Waals surface area contributed by atoms with E-state index in [2.05, 4.69) is 12.2 Å². The number of esters is 2. The largest absolute Gasteiger partial charge is 0.462 e. The molecule has 0 bridgehead atoms. The second kappa shape index (κ2) is 14.4. The Bertz CT molecular complexity index is 996. The molecule has 36 heavy (non-hydrogen) atoms. The van der Waals surface area contributed by atoms with Crippen molar-refractivity contribution in [1.29, 1.82) is 0 Å². The van der Waals surface area contributed by atoms with Crippen LogP contribution in [0, 0.1) is 10.1 Å². The Hall–Kier alpha value is -3.16. The van der Waals surface area contributed by atoms with Gasteiger partial charge < -0.3 is 14.8 Å². The van der Waals surface area contributed by atoms with Gasteiger partial charge in [-0.05, 0) is 39.7 Å². The van der Waals surface area contributed by atoms with E-state index in [-0.39, 0.29) is 29.5 Å². The van der Waals surface area contributed by atoms with Crippen molar-refractivity contribution in [3.63, 3.8) is 0 Å². The van der Waals surface area contributed by atoms with Crippen molar-refractivity contribution >= 4 is 17.6 Å². The molecule has 0 radical (unpaired) electrons. The average molecular weight is 501 g/mol. The number of unbranched alkanes of at least 4 members (excludes halogenated alkanes) is 7. The molecule has 0 saturated carbocycles. The van der Waals surface area contributed by atoms with E-state index in [0.29, 0.717) is 17.0 Å². The van der Waals surface area contributed by atoms with Crippen molar-refractivity contribution in [2.45, 2.75) is 98.0 Å². The lowest BCUT2D eigenvalue weighted by atomic mass is 9.80. The number of rotatable bonds is 14. The van der Waals surface area contributed by atoms with E-state index in [1.807, 2.05) is 0 Å². The summed E-state index contributed by atoms with van der Waals surface area (Å²) in [6, 6.07) is 6.00. The fourth-order valence-electron chi connectivity index (χ4n) is 4.44. The lowest BCUT2D eigenvalue weighted by molar-refractivity contribution is -0.384. The summed E-state index contributed by atoms with van der Waals surface area (Å²) >= 11 is 0. The molecule has 1 aromatic carbocycles. The van der Waals surface area contributed by atoms with Crippen molar-refractivity contribution < 1.29 is 24.0 Å². The fourth-order valence-corrected chi connectivity index (χ4v) is 4.44. The minimum absolute atomic E-state index is 0.121. The second-order valence-corrected chi connectivity index (χ2v) is 9.55. The first-order chi connectivity index (χ1) is 17.2. The van der Waals surface area contributed by atoms with Crippen molar-refractivity contribution in [3.8, 4) is 0 Å². The van der Waals surface area contributed by atoms with Gasteiger partial charge in [0, 0.05) is 23.5 Å². The molecule has 198 valence electrons. The number of ether oxygens (including phenoxy) is 2. The van der Waals surface area contributed by atoms with Gasteiger partial charge in [-0.2, -0.15) is 0 Å². The van der Waals surface area contributed by atoms with E-state index < -0.39 is 22.8 Å². The average Bonchev–Trinajstić information content (AvgIpc) is 2.81. The van der Waals surface area contributed by atoms with Gasteiger partial charge in [0.05, 0.1) is 34.7 Å². The Morgan fingerprint density at radius 1 is 0.972 bits per heavy atom. The molecule has 1 N–H and O–H groups in total. The highest BCUT2D eigenvalue weighted by atomic mass is 16.6. The summed E-state index contributed by atoms with van der Waals surface area (Å²) in [5.41, 5.74) is 1.93. The molecule has 1 heterocycles. The lowest BCUT2D eigenvalue weighted by Gasteiger charge is -2.30. The molecule has 2 rings (SSSR count). The molecule has 8 heteroatoms. The standard InChI is InChI=1S/C28H40N2O6/c1-6-7-8-9-10-11-12-13-17-35-27(31)24-20(4)29-21(5)25(28(32)36-19(2)3)26(24)22-15-14-16-23(18-22)30(33)34/h14-16,18-19,26,29H,6-13,17H2,1-5H3. The van der Waals surface area contributed by atoms with E-state index in [1.165, 1.54) is 44.2 Å². The van der Waals surface area contributed by atoms with Crippen molar-refractivity contribution in [2.75, 3.05) is 6.61 Å². The molecule has 1 aliphatic rings. The number of nitro groups is 1. The number of hydrogen-bond acceptors (Lipinski definition) is 7. The predicted octanol–water partition coefficient (Wildman–Crippen LogP) is 6.47. The van der Waals surface area contributed by atoms with Crippen LogP contribution < -0.4 is 5.32 Å². The van der Waals surface area contributed by atoms with E-state index in [0.717, 1.165) is 19.3 Å². The van der Waals surface area contributed by atoms with Gasteiger partial charge in [0.2, 0.25) is 0 Å². The molecule has 0 amide bonds. The zero-order valence-corrected chi connectivity index (χ0v) is 22.2. The number of carbonyl (C=O) groups is 2. The SMILES string of the molecule is CCCCCCCCCCOC(=O)C1=C(C)NC(C)=C(C(=O)OC(C)C)C1c1cccc([N+](=O)[O-])c1. The topological polar surface area (TPSA) is 108 Å². The zero-order valence-electron chi connectivity index (χ0n) is 22.2. The number of nitrogens with one attached hydrogen (secondary N) is 1. The highest BCUT2D eigenvalue weighted by Crippen LogP contribution is 2.40. The molecular weight excluding hydrogens is 460 g/mol. The van der Waals surface area contributed by atoms with Crippen LogP contribution in [0.2, 0.25) is 0 Å². The minimum atomic E-state index is -0.844. The molecular formula is C28H40N2O6.